The molecule has 3 aromatic heterocycles. The fourth-order valence-corrected chi connectivity index (χ4v) is 6.68. The van der Waals surface area contributed by atoms with Crippen molar-refractivity contribution in [1.82, 2.24) is 25.4 Å². The molecule has 0 N–H and O–H groups in total. The highest BCUT2D eigenvalue weighted by molar-refractivity contribution is 7.17. The maximum Gasteiger partial charge on any atom is 0.416 e. The lowest BCUT2D eigenvalue weighted by molar-refractivity contribution is -0.137. The molecule has 0 saturated heterocycles. The van der Waals surface area contributed by atoms with Gasteiger partial charge >= 0.3 is 6.18 Å². The molecule has 0 aliphatic carbocycles. The first-order chi connectivity index (χ1) is 21.8. The average Bonchev–Trinajstić information content (AvgIpc) is 3.76. The van der Waals surface area contributed by atoms with E-state index < -0.39 is 11.7 Å². The number of hydrogen-bond acceptors (Lipinski definition) is 8. The second-order valence-corrected chi connectivity index (χ2v) is 12.4. The van der Waals surface area contributed by atoms with Crippen LogP contribution in [0.1, 0.15) is 34.2 Å². The van der Waals surface area contributed by atoms with Crippen LogP contribution in [0.3, 0.4) is 0 Å². The summed E-state index contributed by atoms with van der Waals surface area (Å²) >= 11 is 2.90. The summed E-state index contributed by atoms with van der Waals surface area (Å²) in [7, 11) is 0. The minimum Gasteiger partial charge on any atom is -0.274 e. The molecule has 1 unspecified atom stereocenters. The van der Waals surface area contributed by atoms with Crippen LogP contribution in [0.4, 0.5) is 13.2 Å². The largest absolute Gasteiger partial charge is 0.416 e. The lowest BCUT2D eigenvalue weighted by Crippen LogP contribution is -2.10. The van der Waals surface area contributed by atoms with Crippen molar-refractivity contribution in [2.75, 3.05) is 0 Å². The van der Waals surface area contributed by atoms with Crippen LogP contribution in [0.2, 0.25) is 0 Å². The van der Waals surface area contributed by atoms with Crippen molar-refractivity contribution in [2.45, 2.75) is 25.6 Å². The standard InChI is InChI=1S/C34H23F3N6S2/c1-20-6-2-7-23(18-20)26-10-4-12-28(38-26)32-42-40-30(44-32)21-14-16-22(17-15-21)31-41-43-33(45-31)29-13-5-11-27(39-29)24-8-3-9-25(19-24)34(35,36)37/h2-12,14-19,29H,13H2,1H3. The van der Waals surface area contributed by atoms with Crippen molar-refractivity contribution < 1.29 is 13.2 Å². The van der Waals surface area contributed by atoms with Crippen LogP contribution in [0.25, 0.3) is 43.1 Å². The van der Waals surface area contributed by atoms with Crippen LogP contribution < -0.4 is 0 Å². The number of alkyl halides is 3. The van der Waals surface area contributed by atoms with Gasteiger partial charge in [-0.1, -0.05) is 95.0 Å². The first kappa shape index (κ1) is 28.9. The molecule has 1 aliphatic rings. The molecule has 0 amide bonds. The van der Waals surface area contributed by atoms with E-state index in [9.17, 15) is 13.2 Å². The van der Waals surface area contributed by atoms with Gasteiger partial charge in [-0.3, -0.25) is 4.99 Å². The van der Waals surface area contributed by atoms with Crippen molar-refractivity contribution in [1.29, 1.82) is 0 Å². The number of hydrogen-bond donors (Lipinski definition) is 0. The molecule has 0 fully saturated rings. The summed E-state index contributed by atoms with van der Waals surface area (Å²) < 4.78 is 39.7. The zero-order valence-corrected chi connectivity index (χ0v) is 25.4. The van der Waals surface area contributed by atoms with Crippen LogP contribution in [0.5, 0.6) is 0 Å². The third kappa shape index (κ3) is 6.22. The zero-order valence-electron chi connectivity index (χ0n) is 23.7. The number of nitrogens with zero attached hydrogens (tertiary/aromatic N) is 6. The molecular formula is C34H23F3N6S2. The number of aryl methyl sites for hydroxylation is 1. The van der Waals surface area contributed by atoms with E-state index in [2.05, 4.69) is 39.5 Å². The van der Waals surface area contributed by atoms with Crippen LogP contribution >= 0.6 is 22.7 Å². The second-order valence-electron chi connectivity index (χ2n) is 10.5. The Kier molecular flexibility index (Phi) is 7.64. The predicted molar refractivity (Wildman–Crippen MR) is 172 cm³/mol. The van der Waals surface area contributed by atoms with Crippen LogP contribution in [-0.4, -0.2) is 31.1 Å². The van der Waals surface area contributed by atoms with Gasteiger partial charge in [0.2, 0.25) is 0 Å². The van der Waals surface area contributed by atoms with Crippen LogP contribution in [0, 0.1) is 6.92 Å². The smallest absolute Gasteiger partial charge is 0.274 e. The monoisotopic (exact) mass is 636 g/mol. The van der Waals surface area contributed by atoms with Crippen molar-refractivity contribution >= 4 is 28.4 Å². The Morgan fingerprint density at radius 2 is 1.33 bits per heavy atom. The van der Waals surface area contributed by atoms with Crippen molar-refractivity contribution in [3.63, 3.8) is 0 Å². The Morgan fingerprint density at radius 1 is 0.667 bits per heavy atom. The maximum absolute atomic E-state index is 13.2. The van der Waals surface area contributed by atoms with E-state index in [1.165, 1.54) is 34.3 Å². The third-order valence-corrected chi connectivity index (χ3v) is 9.30. The molecule has 1 atom stereocenters. The fourth-order valence-electron chi connectivity index (χ4n) is 4.96. The first-order valence-corrected chi connectivity index (χ1v) is 15.7. The molecule has 11 heteroatoms. The second kappa shape index (κ2) is 11.9. The van der Waals surface area contributed by atoms with Crippen LogP contribution in [0.15, 0.2) is 108 Å². The summed E-state index contributed by atoms with van der Waals surface area (Å²) in [6.45, 7) is 2.06. The van der Waals surface area contributed by atoms with E-state index in [1.54, 1.807) is 12.1 Å². The highest BCUT2D eigenvalue weighted by atomic mass is 32.1. The molecule has 6 aromatic rings. The molecule has 0 saturated carbocycles. The summed E-state index contributed by atoms with van der Waals surface area (Å²) in [5.41, 5.74) is 5.92. The molecule has 0 bridgehead atoms. The number of pyridine rings is 1. The molecule has 3 aromatic carbocycles. The fraction of sp³-hybridized carbons (Fsp3) is 0.118. The van der Waals surface area contributed by atoms with Crippen molar-refractivity contribution in [3.05, 3.63) is 125 Å². The first-order valence-electron chi connectivity index (χ1n) is 14.0. The van der Waals surface area contributed by atoms with Crippen LogP contribution in [-0.2, 0) is 6.18 Å². The molecule has 4 heterocycles. The van der Waals surface area contributed by atoms with E-state index in [1.807, 2.05) is 60.7 Å². The van der Waals surface area contributed by atoms with Gasteiger partial charge in [0.1, 0.15) is 26.8 Å². The Morgan fingerprint density at radius 3 is 2.11 bits per heavy atom. The van der Waals surface area contributed by atoms with Gasteiger partial charge in [0.05, 0.1) is 17.0 Å². The number of aromatic nitrogens is 5. The van der Waals surface area contributed by atoms with E-state index in [0.29, 0.717) is 22.7 Å². The van der Waals surface area contributed by atoms with Crippen molar-refractivity contribution in [2.24, 2.45) is 4.99 Å². The molecule has 1 aliphatic heterocycles. The molecule has 45 heavy (non-hydrogen) atoms. The van der Waals surface area contributed by atoms with E-state index in [0.717, 1.165) is 55.2 Å². The molecule has 222 valence electrons. The summed E-state index contributed by atoms with van der Waals surface area (Å²) in [6.07, 6.45) is -0.157. The number of rotatable bonds is 6. The number of allylic oxidation sites excluding steroid dienone is 1. The number of aliphatic imine (C=N–C) groups is 1. The number of halogens is 3. The predicted octanol–water partition coefficient (Wildman–Crippen LogP) is 9.27. The molecule has 0 spiro atoms. The van der Waals surface area contributed by atoms with Gasteiger partial charge in [0, 0.05) is 22.3 Å². The van der Waals surface area contributed by atoms with Gasteiger partial charge in [-0.05, 0) is 49.8 Å². The topological polar surface area (TPSA) is 76.8 Å². The summed E-state index contributed by atoms with van der Waals surface area (Å²) in [6, 6.07) is 26.9. The van der Waals surface area contributed by atoms with Crippen molar-refractivity contribution in [3.8, 4) is 43.1 Å². The van der Waals surface area contributed by atoms with Gasteiger partial charge in [-0.25, -0.2) is 4.98 Å². The highest BCUT2D eigenvalue weighted by Gasteiger charge is 2.31. The molecule has 6 nitrogen and oxygen atoms in total. The average molecular weight is 637 g/mol. The maximum atomic E-state index is 13.2. The summed E-state index contributed by atoms with van der Waals surface area (Å²) in [5, 5.41) is 20.5. The number of dihydropyridines is 1. The molecular weight excluding hydrogens is 614 g/mol. The summed E-state index contributed by atoms with van der Waals surface area (Å²) in [5.74, 6) is 0. The normalized spacial score (nSPS) is 14.8. The van der Waals surface area contributed by atoms with Gasteiger partial charge in [0.15, 0.2) is 5.01 Å². The van der Waals surface area contributed by atoms with E-state index >= 15 is 0 Å². The molecule has 0 radical (unpaired) electrons. The molecule has 7 rings (SSSR count). The summed E-state index contributed by atoms with van der Waals surface area (Å²) in [4.78, 5) is 9.54. The quantitative estimate of drug-likeness (QED) is 0.182. The third-order valence-electron chi connectivity index (χ3n) is 7.23. The van der Waals surface area contributed by atoms with E-state index in [-0.39, 0.29) is 6.04 Å². The lowest BCUT2D eigenvalue weighted by atomic mass is 10.0. The number of benzene rings is 3. The van der Waals surface area contributed by atoms with Gasteiger partial charge < -0.3 is 0 Å². The van der Waals surface area contributed by atoms with Gasteiger partial charge in [-0.15, -0.1) is 20.4 Å². The SMILES string of the molecule is Cc1cccc(-c2cccc(-c3nnc(-c4ccc(-c5nnc(C6CC=CC(c7cccc(C(F)(F)F)c7)=N6)s5)cc4)s3)n2)c1. The lowest BCUT2D eigenvalue weighted by Gasteiger charge is -2.15. The van der Waals surface area contributed by atoms with Gasteiger partial charge in [0.25, 0.3) is 0 Å². The highest BCUT2D eigenvalue weighted by Crippen LogP contribution is 2.36. The Bertz CT molecular complexity index is 2060. The zero-order chi connectivity index (χ0) is 31.0. The van der Waals surface area contributed by atoms with Gasteiger partial charge in [-0.2, -0.15) is 13.2 Å². The minimum atomic E-state index is -4.42. The Hall–Kier alpha value is -4.87. The van der Waals surface area contributed by atoms with E-state index in [4.69, 9.17) is 9.98 Å². The Labute approximate surface area is 264 Å². The Balaban J connectivity index is 1.07. The minimum absolute atomic E-state index is 0.317.